The van der Waals surface area contributed by atoms with Crippen LogP contribution >= 0.6 is 0 Å². The Morgan fingerprint density at radius 1 is 1.64 bits per heavy atom. The zero-order valence-corrected chi connectivity index (χ0v) is 8.06. The topological polar surface area (TPSA) is 59.4 Å². The number of hydrogen-bond acceptors (Lipinski definition) is 4. The molecule has 0 aliphatic carbocycles. The van der Waals surface area contributed by atoms with E-state index in [1.807, 2.05) is 0 Å². The highest BCUT2D eigenvalue weighted by Gasteiger charge is 2.01. The van der Waals surface area contributed by atoms with Gasteiger partial charge in [0.15, 0.2) is 5.78 Å². The predicted molar refractivity (Wildman–Crippen MR) is 51.4 cm³/mol. The number of carbonyl (C=O) groups is 1. The van der Waals surface area contributed by atoms with Crippen LogP contribution in [0.15, 0.2) is 18.3 Å². The number of ketones is 1. The number of aromatic nitrogens is 1. The minimum absolute atomic E-state index is 0.0144. The molecule has 0 amide bonds. The number of carbonyl (C=O) groups excluding carboxylic acids is 1. The van der Waals surface area contributed by atoms with Crippen molar-refractivity contribution in [3.05, 3.63) is 23.9 Å². The number of rotatable bonds is 5. The zero-order chi connectivity index (χ0) is 10.4. The molecule has 0 radical (unpaired) electrons. The van der Waals surface area contributed by atoms with Crippen LogP contribution in [-0.4, -0.2) is 29.1 Å². The van der Waals surface area contributed by atoms with E-state index < -0.39 is 0 Å². The zero-order valence-electron chi connectivity index (χ0n) is 8.06. The highest BCUT2D eigenvalue weighted by atomic mass is 16.5. The highest BCUT2D eigenvalue weighted by Crippen LogP contribution is 2.09. The van der Waals surface area contributed by atoms with E-state index in [0.29, 0.717) is 24.5 Å². The Hall–Kier alpha value is -1.42. The van der Waals surface area contributed by atoms with Gasteiger partial charge >= 0.3 is 0 Å². The van der Waals surface area contributed by atoms with Crippen LogP contribution in [0.25, 0.3) is 0 Å². The molecule has 0 aliphatic heterocycles. The van der Waals surface area contributed by atoms with Crippen molar-refractivity contribution in [3.63, 3.8) is 0 Å². The Bertz CT molecular complexity index is 312. The summed E-state index contributed by atoms with van der Waals surface area (Å²) in [6.07, 6.45) is 2.09. The van der Waals surface area contributed by atoms with Crippen molar-refractivity contribution in [2.45, 2.75) is 13.3 Å². The Labute approximate surface area is 82.5 Å². The maximum Gasteiger partial charge on any atom is 0.213 e. The van der Waals surface area contributed by atoms with Gasteiger partial charge < -0.3 is 9.84 Å². The minimum atomic E-state index is -0.0144. The molecule has 4 heteroatoms. The van der Waals surface area contributed by atoms with Crippen molar-refractivity contribution >= 4 is 5.78 Å². The number of Topliss-reactive ketones (excluding diaryl/α,β-unsaturated/α-hetero) is 1. The van der Waals surface area contributed by atoms with Gasteiger partial charge in [-0.25, -0.2) is 4.98 Å². The Balaban J connectivity index is 2.59. The van der Waals surface area contributed by atoms with E-state index in [2.05, 4.69) is 4.98 Å². The maximum absolute atomic E-state index is 11.0. The normalized spacial score (nSPS) is 9.86. The van der Waals surface area contributed by atoms with E-state index in [0.717, 1.165) is 0 Å². The summed E-state index contributed by atoms with van der Waals surface area (Å²) >= 11 is 0. The summed E-state index contributed by atoms with van der Waals surface area (Å²) in [6.45, 7) is 1.99. The monoisotopic (exact) mass is 195 g/mol. The lowest BCUT2D eigenvalue weighted by atomic mass is 10.2. The number of nitrogens with zero attached hydrogens (tertiary/aromatic N) is 1. The van der Waals surface area contributed by atoms with Crippen molar-refractivity contribution in [2.24, 2.45) is 0 Å². The molecule has 76 valence electrons. The second kappa shape index (κ2) is 5.34. The molecule has 1 aromatic rings. The maximum atomic E-state index is 11.0. The van der Waals surface area contributed by atoms with Crippen molar-refractivity contribution < 1.29 is 14.6 Å². The fraction of sp³-hybridized carbons (Fsp3) is 0.400. The van der Waals surface area contributed by atoms with Crippen LogP contribution in [0.3, 0.4) is 0 Å². The molecule has 0 bridgehead atoms. The van der Waals surface area contributed by atoms with E-state index in [1.54, 1.807) is 12.1 Å². The summed E-state index contributed by atoms with van der Waals surface area (Å²) in [6, 6.07) is 3.24. The summed E-state index contributed by atoms with van der Waals surface area (Å²) in [5.41, 5.74) is 0.582. The smallest absolute Gasteiger partial charge is 0.213 e. The van der Waals surface area contributed by atoms with E-state index in [4.69, 9.17) is 9.84 Å². The number of ether oxygens (including phenoxy) is 1. The van der Waals surface area contributed by atoms with Gasteiger partial charge in [0.25, 0.3) is 0 Å². The quantitative estimate of drug-likeness (QED) is 0.563. The van der Waals surface area contributed by atoms with Crippen LogP contribution in [0, 0.1) is 0 Å². The van der Waals surface area contributed by atoms with Crippen LogP contribution in [-0.2, 0) is 0 Å². The van der Waals surface area contributed by atoms with Gasteiger partial charge in [-0.05, 0) is 13.0 Å². The molecular weight excluding hydrogens is 182 g/mol. The van der Waals surface area contributed by atoms with Crippen molar-refractivity contribution in [1.29, 1.82) is 0 Å². The molecule has 0 atom stereocenters. The van der Waals surface area contributed by atoms with Gasteiger partial charge in [-0.15, -0.1) is 0 Å². The number of pyridine rings is 1. The van der Waals surface area contributed by atoms with Crippen LogP contribution in [0.2, 0.25) is 0 Å². The molecule has 14 heavy (non-hydrogen) atoms. The molecule has 1 aromatic heterocycles. The van der Waals surface area contributed by atoms with Crippen LogP contribution in [0.1, 0.15) is 23.7 Å². The van der Waals surface area contributed by atoms with Gasteiger partial charge in [-0.1, -0.05) is 0 Å². The molecule has 0 saturated heterocycles. The molecule has 0 spiro atoms. The van der Waals surface area contributed by atoms with Crippen molar-refractivity contribution in [1.82, 2.24) is 4.98 Å². The summed E-state index contributed by atoms with van der Waals surface area (Å²) in [4.78, 5) is 14.9. The van der Waals surface area contributed by atoms with E-state index in [1.165, 1.54) is 13.1 Å². The second-order valence-electron chi connectivity index (χ2n) is 2.86. The summed E-state index contributed by atoms with van der Waals surface area (Å²) < 4.78 is 5.21. The minimum Gasteiger partial charge on any atom is -0.478 e. The SMILES string of the molecule is CC(=O)c1ccnc(OCCCO)c1. The molecule has 0 aliphatic rings. The standard InChI is InChI=1S/C10H13NO3/c1-8(13)9-3-4-11-10(7-9)14-6-2-5-12/h3-4,7,12H,2,5-6H2,1H3. The first kappa shape index (κ1) is 10.7. The fourth-order valence-corrected chi connectivity index (χ4v) is 0.949. The average molecular weight is 195 g/mol. The van der Waals surface area contributed by atoms with Gasteiger partial charge in [0, 0.05) is 30.9 Å². The number of hydrogen-bond donors (Lipinski definition) is 1. The largest absolute Gasteiger partial charge is 0.478 e. The average Bonchev–Trinajstić information content (AvgIpc) is 2.19. The molecule has 0 fully saturated rings. The van der Waals surface area contributed by atoms with Crippen molar-refractivity contribution in [2.75, 3.05) is 13.2 Å². The van der Waals surface area contributed by atoms with Gasteiger partial charge in [0.2, 0.25) is 5.88 Å². The second-order valence-corrected chi connectivity index (χ2v) is 2.86. The fourth-order valence-electron chi connectivity index (χ4n) is 0.949. The molecule has 0 aromatic carbocycles. The Morgan fingerprint density at radius 3 is 3.07 bits per heavy atom. The lowest BCUT2D eigenvalue weighted by Crippen LogP contribution is -2.02. The van der Waals surface area contributed by atoms with Crippen LogP contribution in [0.5, 0.6) is 5.88 Å². The highest BCUT2D eigenvalue weighted by molar-refractivity contribution is 5.94. The molecule has 1 rings (SSSR count). The summed E-state index contributed by atoms with van der Waals surface area (Å²) in [7, 11) is 0. The first-order valence-corrected chi connectivity index (χ1v) is 4.44. The van der Waals surface area contributed by atoms with E-state index in [9.17, 15) is 4.79 Å². The van der Waals surface area contributed by atoms with Crippen LogP contribution in [0.4, 0.5) is 0 Å². The van der Waals surface area contributed by atoms with Gasteiger partial charge in [-0.2, -0.15) is 0 Å². The first-order chi connectivity index (χ1) is 6.74. The number of aliphatic hydroxyl groups excluding tert-OH is 1. The molecule has 1 N–H and O–H groups in total. The van der Waals surface area contributed by atoms with Crippen LogP contribution < -0.4 is 4.74 Å². The Kier molecular flexibility index (Phi) is 4.07. The first-order valence-electron chi connectivity index (χ1n) is 4.44. The van der Waals surface area contributed by atoms with E-state index >= 15 is 0 Å². The van der Waals surface area contributed by atoms with E-state index in [-0.39, 0.29) is 12.4 Å². The third-order valence-corrected chi connectivity index (χ3v) is 1.69. The van der Waals surface area contributed by atoms with Gasteiger partial charge in [-0.3, -0.25) is 4.79 Å². The van der Waals surface area contributed by atoms with Crippen molar-refractivity contribution in [3.8, 4) is 5.88 Å². The van der Waals surface area contributed by atoms with Gasteiger partial charge in [0.05, 0.1) is 6.61 Å². The summed E-state index contributed by atoms with van der Waals surface area (Å²) in [5, 5.41) is 8.53. The molecular formula is C10H13NO3. The molecule has 4 nitrogen and oxygen atoms in total. The lowest BCUT2D eigenvalue weighted by molar-refractivity contribution is 0.101. The molecule has 0 unspecified atom stereocenters. The third kappa shape index (κ3) is 3.14. The third-order valence-electron chi connectivity index (χ3n) is 1.69. The van der Waals surface area contributed by atoms with Gasteiger partial charge in [0.1, 0.15) is 0 Å². The summed E-state index contributed by atoms with van der Waals surface area (Å²) in [5.74, 6) is 0.408. The molecule has 0 saturated carbocycles. The molecule has 1 heterocycles. The predicted octanol–water partition coefficient (Wildman–Crippen LogP) is 1.05. The Morgan fingerprint density at radius 2 is 2.43 bits per heavy atom. The number of aliphatic hydroxyl groups is 1. The lowest BCUT2D eigenvalue weighted by Gasteiger charge is -2.04.